The number of anilines is 2. The Kier molecular flexibility index (Phi) is 3.55. The van der Waals surface area contributed by atoms with Crippen molar-refractivity contribution < 1.29 is 4.92 Å². The highest BCUT2D eigenvalue weighted by molar-refractivity contribution is 9.10. The molecule has 0 aliphatic carbocycles. The Balaban J connectivity index is 2.00. The summed E-state index contributed by atoms with van der Waals surface area (Å²) < 4.78 is 0.835. The highest BCUT2D eigenvalue weighted by atomic mass is 79.9. The molecule has 0 unspecified atom stereocenters. The van der Waals surface area contributed by atoms with Crippen LogP contribution in [-0.4, -0.2) is 11.5 Å². The van der Waals surface area contributed by atoms with Crippen LogP contribution in [0.3, 0.4) is 0 Å². The summed E-state index contributed by atoms with van der Waals surface area (Å²) in [5.41, 5.74) is 9.86. The van der Waals surface area contributed by atoms with E-state index in [2.05, 4.69) is 15.9 Å². The maximum absolute atomic E-state index is 11.2. The van der Waals surface area contributed by atoms with E-state index in [1.165, 1.54) is 6.07 Å². The molecule has 6 heteroatoms. The molecule has 0 saturated heterocycles. The number of halogens is 1. The van der Waals surface area contributed by atoms with E-state index in [1.54, 1.807) is 12.1 Å². The quantitative estimate of drug-likeness (QED) is 0.512. The molecule has 2 aromatic carbocycles. The van der Waals surface area contributed by atoms with Crippen LogP contribution < -0.4 is 10.6 Å². The number of nitro benzene ring substituents is 1. The minimum absolute atomic E-state index is 0.130. The van der Waals surface area contributed by atoms with Gasteiger partial charge in [0.05, 0.1) is 4.92 Å². The molecule has 1 heterocycles. The minimum atomic E-state index is -0.337. The molecule has 0 fully saturated rings. The van der Waals surface area contributed by atoms with Crippen LogP contribution in [0, 0.1) is 10.1 Å². The van der Waals surface area contributed by atoms with Gasteiger partial charge in [-0.25, -0.2) is 0 Å². The van der Waals surface area contributed by atoms with Crippen molar-refractivity contribution in [1.29, 1.82) is 0 Å². The zero-order chi connectivity index (χ0) is 15.0. The third-order valence-electron chi connectivity index (χ3n) is 3.78. The van der Waals surface area contributed by atoms with Gasteiger partial charge in [0, 0.05) is 29.3 Å². The lowest BCUT2D eigenvalue weighted by molar-refractivity contribution is -0.384. The monoisotopic (exact) mass is 347 g/mol. The fourth-order valence-corrected chi connectivity index (χ4v) is 3.10. The van der Waals surface area contributed by atoms with Crippen molar-refractivity contribution >= 4 is 33.0 Å². The Morgan fingerprint density at radius 2 is 2.10 bits per heavy atom. The average molecular weight is 348 g/mol. The molecule has 2 N–H and O–H groups in total. The van der Waals surface area contributed by atoms with Gasteiger partial charge in [-0.2, -0.15) is 0 Å². The predicted molar refractivity (Wildman–Crippen MR) is 86.4 cm³/mol. The van der Waals surface area contributed by atoms with E-state index in [1.807, 2.05) is 23.1 Å². The fraction of sp³-hybridized carbons (Fsp3) is 0.200. The Hall–Kier alpha value is -2.08. The molecule has 108 valence electrons. The summed E-state index contributed by atoms with van der Waals surface area (Å²) in [4.78, 5) is 12.9. The van der Waals surface area contributed by atoms with Gasteiger partial charge in [0.2, 0.25) is 0 Å². The van der Waals surface area contributed by atoms with Crippen molar-refractivity contribution in [2.45, 2.75) is 13.0 Å². The number of nitro groups is 1. The zero-order valence-corrected chi connectivity index (χ0v) is 12.8. The highest BCUT2D eigenvalue weighted by Crippen LogP contribution is 2.35. The van der Waals surface area contributed by atoms with Crippen molar-refractivity contribution in [2.24, 2.45) is 0 Å². The van der Waals surface area contributed by atoms with Gasteiger partial charge in [-0.05, 0) is 35.7 Å². The second-order valence-electron chi connectivity index (χ2n) is 5.05. The zero-order valence-electron chi connectivity index (χ0n) is 11.3. The first kappa shape index (κ1) is 13.9. The van der Waals surface area contributed by atoms with Crippen LogP contribution in [0.2, 0.25) is 0 Å². The van der Waals surface area contributed by atoms with Gasteiger partial charge in [-0.1, -0.05) is 28.1 Å². The molecule has 5 nitrogen and oxygen atoms in total. The van der Waals surface area contributed by atoms with Crippen molar-refractivity contribution in [3.63, 3.8) is 0 Å². The number of benzene rings is 2. The number of hydrogen-bond donors (Lipinski definition) is 1. The lowest BCUT2D eigenvalue weighted by Crippen LogP contribution is -2.31. The molecule has 1 aliphatic rings. The summed E-state index contributed by atoms with van der Waals surface area (Å²) in [6, 6.07) is 10.9. The number of nitrogen functional groups attached to an aromatic ring is 1. The molecule has 0 spiro atoms. The second kappa shape index (κ2) is 5.37. The summed E-state index contributed by atoms with van der Waals surface area (Å²) >= 11 is 3.39. The molecule has 0 atom stereocenters. The molecule has 1 aliphatic heterocycles. The Bertz CT molecular complexity index is 718. The first-order valence-electron chi connectivity index (χ1n) is 6.61. The van der Waals surface area contributed by atoms with E-state index in [0.717, 1.165) is 34.3 Å². The standard InChI is InChI=1S/C15H14BrN3O2/c16-11-4-5-14(19(20)21)15(8-11)18-7-6-12-10(9-18)2-1-3-13(12)17/h1-5,8H,6-7,9,17H2. The van der Waals surface area contributed by atoms with Crippen molar-refractivity contribution in [3.8, 4) is 0 Å². The number of nitrogens with two attached hydrogens (primary N) is 1. The maximum atomic E-state index is 11.2. The number of rotatable bonds is 2. The minimum Gasteiger partial charge on any atom is -0.398 e. The molecular weight excluding hydrogens is 334 g/mol. The van der Waals surface area contributed by atoms with E-state index >= 15 is 0 Å². The summed E-state index contributed by atoms with van der Waals surface area (Å²) in [5.74, 6) is 0. The van der Waals surface area contributed by atoms with Crippen LogP contribution in [0.15, 0.2) is 40.9 Å². The van der Waals surface area contributed by atoms with Gasteiger partial charge in [0.25, 0.3) is 5.69 Å². The second-order valence-corrected chi connectivity index (χ2v) is 5.96. The topological polar surface area (TPSA) is 72.4 Å². The first-order valence-corrected chi connectivity index (χ1v) is 7.40. The van der Waals surface area contributed by atoms with E-state index in [4.69, 9.17) is 5.73 Å². The van der Waals surface area contributed by atoms with Crippen LogP contribution in [0.25, 0.3) is 0 Å². The fourth-order valence-electron chi connectivity index (χ4n) is 2.75. The summed E-state index contributed by atoms with van der Waals surface area (Å²) in [7, 11) is 0. The largest absolute Gasteiger partial charge is 0.398 e. The maximum Gasteiger partial charge on any atom is 0.292 e. The average Bonchev–Trinajstić information content (AvgIpc) is 2.46. The summed E-state index contributed by atoms with van der Waals surface area (Å²) in [5, 5.41) is 11.2. The summed E-state index contributed by atoms with van der Waals surface area (Å²) in [6.45, 7) is 1.36. The van der Waals surface area contributed by atoms with Gasteiger partial charge in [-0.3, -0.25) is 10.1 Å². The first-order chi connectivity index (χ1) is 10.1. The molecule has 0 bridgehead atoms. The molecule has 0 saturated carbocycles. The van der Waals surface area contributed by atoms with Crippen LogP contribution in [-0.2, 0) is 13.0 Å². The predicted octanol–water partition coefficient (Wildman–Crippen LogP) is 3.50. The highest BCUT2D eigenvalue weighted by Gasteiger charge is 2.24. The van der Waals surface area contributed by atoms with E-state index < -0.39 is 0 Å². The molecule has 3 rings (SSSR count). The molecule has 0 amide bonds. The van der Waals surface area contributed by atoms with Gasteiger partial charge in [0.15, 0.2) is 0 Å². The lowest BCUT2D eigenvalue weighted by atomic mass is 9.97. The number of hydrogen-bond acceptors (Lipinski definition) is 4. The summed E-state index contributed by atoms with van der Waals surface area (Å²) in [6.07, 6.45) is 0.797. The molecule has 21 heavy (non-hydrogen) atoms. The van der Waals surface area contributed by atoms with Gasteiger partial charge >= 0.3 is 0 Å². The lowest BCUT2D eigenvalue weighted by Gasteiger charge is -2.31. The molecular formula is C15H14BrN3O2. The van der Waals surface area contributed by atoms with Crippen LogP contribution in [0.1, 0.15) is 11.1 Å². The molecule has 0 aromatic heterocycles. The van der Waals surface area contributed by atoms with E-state index in [9.17, 15) is 10.1 Å². The number of nitrogens with zero attached hydrogens (tertiary/aromatic N) is 2. The number of fused-ring (bicyclic) bond motifs is 1. The third-order valence-corrected chi connectivity index (χ3v) is 4.27. The smallest absolute Gasteiger partial charge is 0.292 e. The van der Waals surface area contributed by atoms with Gasteiger partial charge in [-0.15, -0.1) is 0 Å². The van der Waals surface area contributed by atoms with Crippen molar-refractivity contribution in [3.05, 3.63) is 62.1 Å². The molecule has 2 aromatic rings. The third kappa shape index (κ3) is 2.58. The van der Waals surface area contributed by atoms with E-state index in [0.29, 0.717) is 12.2 Å². The Morgan fingerprint density at radius 3 is 2.86 bits per heavy atom. The van der Waals surface area contributed by atoms with Crippen LogP contribution >= 0.6 is 15.9 Å². The SMILES string of the molecule is Nc1cccc2c1CCN(c1cc(Br)ccc1[N+](=O)[O-])C2. The van der Waals surface area contributed by atoms with Gasteiger partial charge < -0.3 is 10.6 Å². The van der Waals surface area contributed by atoms with Gasteiger partial charge in [0.1, 0.15) is 5.69 Å². The molecule has 0 radical (unpaired) electrons. The normalized spacial score (nSPS) is 13.9. The Labute approximate surface area is 130 Å². The van der Waals surface area contributed by atoms with Crippen molar-refractivity contribution in [1.82, 2.24) is 0 Å². The van der Waals surface area contributed by atoms with Crippen molar-refractivity contribution in [2.75, 3.05) is 17.2 Å². The van der Waals surface area contributed by atoms with E-state index in [-0.39, 0.29) is 10.6 Å². The van der Waals surface area contributed by atoms with Crippen LogP contribution in [0.5, 0.6) is 0 Å². The van der Waals surface area contributed by atoms with Crippen LogP contribution in [0.4, 0.5) is 17.1 Å². The Morgan fingerprint density at radius 1 is 1.29 bits per heavy atom.